The Morgan fingerprint density at radius 1 is 1.59 bits per heavy atom. The van der Waals surface area contributed by atoms with Gasteiger partial charge in [-0.3, -0.25) is 0 Å². The molecule has 1 saturated heterocycles. The molecule has 0 radical (unpaired) electrons. The molecule has 2 unspecified atom stereocenters. The largest absolute Gasteiger partial charge is 0.493 e. The summed E-state index contributed by atoms with van der Waals surface area (Å²) in [6, 6.07) is -3.69. The van der Waals surface area contributed by atoms with Crippen molar-refractivity contribution >= 4 is 0 Å². The molecular formula is C18H21NO3. The average Bonchev–Trinajstić information content (AvgIpc) is 2.99. The van der Waals surface area contributed by atoms with Crippen LogP contribution in [0.15, 0.2) is 24.2 Å². The number of aliphatic hydroxyl groups is 1. The van der Waals surface area contributed by atoms with Crippen LogP contribution in [0, 0.1) is 5.89 Å². The molecule has 1 N–H and O–H groups in total. The maximum atomic E-state index is 10.7. The molecule has 116 valence electrons. The molecule has 2 aliphatic carbocycles. The normalized spacial score (nSPS) is 56.5. The van der Waals surface area contributed by atoms with Crippen LogP contribution in [0.5, 0.6) is 11.5 Å². The average molecular weight is 308 g/mol. The molecule has 2 heterocycles. The van der Waals surface area contributed by atoms with Crippen molar-refractivity contribution in [1.29, 1.82) is 0 Å². The van der Waals surface area contributed by atoms with Gasteiger partial charge in [-0.05, 0) is 37.9 Å². The molecule has 1 fully saturated rings. The zero-order valence-corrected chi connectivity index (χ0v) is 11.9. The van der Waals surface area contributed by atoms with Gasteiger partial charge in [0.2, 0.25) is 0 Å². The van der Waals surface area contributed by atoms with Crippen LogP contribution < -0.4 is 9.47 Å². The van der Waals surface area contributed by atoms with Gasteiger partial charge in [-0.2, -0.15) is 0 Å². The highest BCUT2D eigenvalue weighted by molar-refractivity contribution is 5.62. The van der Waals surface area contributed by atoms with Crippen molar-refractivity contribution in [3.63, 3.8) is 0 Å². The van der Waals surface area contributed by atoms with Gasteiger partial charge in [0.25, 0.3) is 0 Å². The lowest BCUT2D eigenvalue weighted by molar-refractivity contribution is -0.0453. The molecule has 2 aliphatic heterocycles. The molecule has 0 saturated carbocycles. The maximum Gasteiger partial charge on any atom is 0.165 e. The van der Waals surface area contributed by atoms with E-state index < -0.39 is 55.0 Å². The van der Waals surface area contributed by atoms with Crippen LogP contribution in [0.2, 0.25) is 0 Å². The first kappa shape index (κ1) is 6.93. The van der Waals surface area contributed by atoms with E-state index in [0.29, 0.717) is 4.90 Å². The molecule has 4 nitrogen and oxygen atoms in total. The lowest BCUT2D eigenvalue weighted by Gasteiger charge is -2.56. The number of hydrogen-bond acceptors (Lipinski definition) is 4. The summed E-state index contributed by atoms with van der Waals surface area (Å²) in [5.41, 5.74) is -1.70. The summed E-state index contributed by atoms with van der Waals surface area (Å²) in [5.74, 6) is -2.29. The highest BCUT2D eigenvalue weighted by Gasteiger charge is 2.64. The lowest BCUT2D eigenvalue weighted by atomic mass is 9.53. The molecule has 22 heavy (non-hydrogen) atoms. The Bertz CT molecular complexity index is 1040. The van der Waals surface area contributed by atoms with Crippen molar-refractivity contribution in [3.8, 4) is 11.5 Å². The van der Waals surface area contributed by atoms with E-state index in [-0.39, 0.29) is 35.6 Å². The van der Waals surface area contributed by atoms with E-state index in [9.17, 15) is 7.85 Å². The quantitative estimate of drug-likeness (QED) is 0.799. The summed E-state index contributed by atoms with van der Waals surface area (Å²) in [6.45, 7) is -3.12. The van der Waals surface area contributed by atoms with Crippen LogP contribution in [-0.2, 0) is 11.8 Å². The first-order valence-corrected chi connectivity index (χ1v) is 7.25. The molecule has 1 aromatic carbocycles. The van der Waals surface area contributed by atoms with E-state index in [0.717, 1.165) is 0 Å². The first-order chi connectivity index (χ1) is 14.2. The van der Waals surface area contributed by atoms with E-state index in [1.807, 2.05) is 0 Å². The van der Waals surface area contributed by atoms with Gasteiger partial charge in [0.15, 0.2) is 11.5 Å². The first-order valence-electron chi connectivity index (χ1n) is 11.8. The monoisotopic (exact) mass is 308 g/mol. The Morgan fingerprint density at radius 3 is 3.32 bits per heavy atom. The highest BCUT2D eigenvalue weighted by atomic mass is 16.5. The maximum absolute atomic E-state index is 10.7. The number of hydrogen-bond donors (Lipinski definition) is 1. The van der Waals surface area contributed by atoms with Crippen molar-refractivity contribution < 1.29 is 26.9 Å². The topological polar surface area (TPSA) is 41.9 Å². The Labute approximate surface area is 143 Å². The third kappa shape index (κ3) is 1.28. The van der Waals surface area contributed by atoms with Gasteiger partial charge in [0.05, 0.1) is 9.85 Å². The number of nitrogens with zero attached hydrogens (tertiary/aromatic N) is 1. The number of piperidine rings is 1. The van der Waals surface area contributed by atoms with E-state index in [4.69, 9.17) is 19.1 Å². The predicted octanol–water partition coefficient (Wildman–Crippen LogP) is 1.50. The summed E-state index contributed by atoms with van der Waals surface area (Å²) in [4.78, 5) is 0.700. The second-order valence-corrected chi connectivity index (χ2v) is 6.01. The molecule has 4 aliphatic rings. The fourth-order valence-electron chi connectivity index (χ4n) is 4.20. The summed E-state index contributed by atoms with van der Waals surface area (Å²) < 4.78 is 88.7. The third-order valence-electron chi connectivity index (χ3n) is 5.11. The van der Waals surface area contributed by atoms with E-state index in [2.05, 4.69) is 0 Å². The minimum atomic E-state index is -2.89. The predicted molar refractivity (Wildman–Crippen MR) is 82.5 cm³/mol. The Hall–Kier alpha value is -1.52. The smallest absolute Gasteiger partial charge is 0.165 e. The molecule has 1 aromatic rings. The van der Waals surface area contributed by atoms with E-state index >= 15 is 0 Å². The number of aliphatic hydroxyl groups excluding tert-OH is 1. The number of likely N-dealkylation sites (N-methyl/N-ethyl adjacent to an activating group) is 1. The van der Waals surface area contributed by atoms with Crippen molar-refractivity contribution in [2.75, 3.05) is 20.6 Å². The van der Waals surface area contributed by atoms with Gasteiger partial charge in [0, 0.05) is 32.5 Å². The minimum Gasteiger partial charge on any atom is -0.493 e. The van der Waals surface area contributed by atoms with Crippen molar-refractivity contribution in [2.45, 2.75) is 36.4 Å². The van der Waals surface area contributed by atoms with E-state index in [1.54, 1.807) is 0 Å². The number of rotatable bonds is 1. The standard InChI is InChI=1S/C18H21NO3/c1-19-8-7-18-11-4-5-13(20)17(18)22-16-14(21-2)6-3-10(15(16)18)9-12(11)19/h3-6,11-13,17,20H,7-9H2,1-2H3/t11-,12+,13?,17?,18-/m0/s1/i1D3,3D,6D,9D2,11D,12D. The van der Waals surface area contributed by atoms with Crippen LogP contribution in [0.1, 0.15) is 29.9 Å². The molecular weight excluding hydrogens is 278 g/mol. The van der Waals surface area contributed by atoms with Crippen LogP contribution >= 0.6 is 0 Å². The summed E-state index contributed by atoms with van der Waals surface area (Å²) in [5, 5.41) is 10.7. The molecule has 5 atom stereocenters. The SMILES string of the molecule is [2H]c1c([2H])c2c3c(c1OC)OC1C(O)C=C[C@]4([2H])[C@@]31CCN(C([2H])([2H])[2H])[C@]4([2H])C2([2H])[2H]. The molecule has 0 amide bonds. The second-order valence-electron chi connectivity index (χ2n) is 6.01. The molecule has 1 spiro atoms. The highest BCUT2D eigenvalue weighted by Crippen LogP contribution is 2.62. The van der Waals surface area contributed by atoms with Crippen LogP contribution in [0.4, 0.5) is 0 Å². The third-order valence-corrected chi connectivity index (χ3v) is 5.11. The zero-order chi connectivity index (χ0) is 22.9. The van der Waals surface area contributed by atoms with Crippen molar-refractivity contribution in [3.05, 3.63) is 35.4 Å². The molecule has 4 heteroatoms. The number of likely N-dealkylation sites (tertiary alicyclic amines) is 1. The fraction of sp³-hybridized carbons (Fsp3) is 0.556. The van der Waals surface area contributed by atoms with Crippen molar-refractivity contribution in [1.82, 2.24) is 4.90 Å². The summed E-state index contributed by atoms with van der Waals surface area (Å²) in [7, 11) is 1.28. The van der Waals surface area contributed by atoms with Crippen LogP contribution in [0.25, 0.3) is 0 Å². The Balaban J connectivity index is 2.00. The number of ether oxygens (including phenoxy) is 2. The number of benzene rings is 1. The van der Waals surface area contributed by atoms with Gasteiger partial charge in [-0.15, -0.1) is 0 Å². The lowest BCUT2D eigenvalue weighted by Crippen LogP contribution is -2.64. The van der Waals surface area contributed by atoms with E-state index in [1.165, 1.54) is 19.3 Å². The van der Waals surface area contributed by atoms with Gasteiger partial charge < -0.3 is 19.5 Å². The summed E-state index contributed by atoms with van der Waals surface area (Å²) >= 11 is 0. The zero-order valence-electron chi connectivity index (χ0n) is 20.9. The molecule has 0 aromatic heterocycles. The fourth-order valence-corrected chi connectivity index (χ4v) is 4.20. The molecule has 5 rings (SSSR count). The second kappa shape index (κ2) is 4.06. The van der Waals surface area contributed by atoms with Gasteiger partial charge >= 0.3 is 0 Å². The Kier molecular flexibility index (Phi) is 1.28. The minimum absolute atomic E-state index is 0.0163. The Morgan fingerprint density at radius 2 is 2.50 bits per heavy atom. The molecule has 2 bridgehead atoms. The van der Waals surface area contributed by atoms with Gasteiger partial charge in [-0.1, -0.05) is 18.2 Å². The van der Waals surface area contributed by atoms with Crippen LogP contribution in [-0.4, -0.2) is 48.9 Å². The number of methoxy groups -OCH3 is 1. The van der Waals surface area contributed by atoms with Crippen molar-refractivity contribution in [2.24, 2.45) is 5.89 Å². The van der Waals surface area contributed by atoms with Gasteiger partial charge in [0.1, 0.15) is 12.2 Å². The van der Waals surface area contributed by atoms with Crippen LogP contribution in [0.3, 0.4) is 0 Å². The summed E-state index contributed by atoms with van der Waals surface area (Å²) in [6.07, 6.45) is -2.72. The van der Waals surface area contributed by atoms with Gasteiger partial charge in [-0.25, -0.2) is 0 Å².